The van der Waals surface area contributed by atoms with Crippen LogP contribution in [0.25, 0.3) is 0 Å². The number of thiophene rings is 2. The predicted octanol–water partition coefficient (Wildman–Crippen LogP) is 3.35. The Morgan fingerprint density at radius 2 is 2.29 bits per heavy atom. The second-order valence-electron chi connectivity index (χ2n) is 5.49. The van der Waals surface area contributed by atoms with Crippen LogP contribution in [0.2, 0.25) is 0 Å². The topological polar surface area (TPSA) is 32.3 Å². The molecule has 2 aromatic heterocycles. The molecule has 21 heavy (non-hydrogen) atoms. The molecular formula is C16H20N2OS2. The van der Waals surface area contributed by atoms with E-state index in [1.54, 1.807) is 22.7 Å². The summed E-state index contributed by atoms with van der Waals surface area (Å²) in [5.41, 5.74) is 1.32. The molecule has 3 nitrogen and oxygen atoms in total. The van der Waals surface area contributed by atoms with Gasteiger partial charge in [-0.15, -0.1) is 22.7 Å². The molecule has 0 spiro atoms. The number of carbonyl (C=O) groups excluding carboxylic acids is 1. The summed E-state index contributed by atoms with van der Waals surface area (Å²) >= 11 is 3.59. The van der Waals surface area contributed by atoms with Crippen molar-refractivity contribution >= 4 is 28.6 Å². The van der Waals surface area contributed by atoms with Crippen LogP contribution in [-0.2, 0) is 17.8 Å². The molecule has 1 amide bonds. The Kier molecular flexibility index (Phi) is 4.42. The number of nitrogens with zero attached hydrogens (tertiary/aromatic N) is 1. The van der Waals surface area contributed by atoms with Crippen LogP contribution in [0, 0.1) is 6.92 Å². The number of nitrogens with one attached hydrogen (secondary N) is 1. The summed E-state index contributed by atoms with van der Waals surface area (Å²) in [4.78, 5) is 18.3. The molecular weight excluding hydrogens is 300 g/mol. The number of rotatable bonds is 4. The highest BCUT2D eigenvalue weighted by Gasteiger charge is 2.21. The molecule has 1 atom stereocenters. The van der Waals surface area contributed by atoms with E-state index in [-0.39, 0.29) is 11.9 Å². The van der Waals surface area contributed by atoms with Crippen LogP contribution in [-0.4, -0.2) is 23.9 Å². The molecule has 2 aromatic rings. The summed E-state index contributed by atoms with van der Waals surface area (Å²) in [5.74, 6) is 0.201. The zero-order valence-corrected chi connectivity index (χ0v) is 14.0. The van der Waals surface area contributed by atoms with Gasteiger partial charge in [0.25, 0.3) is 0 Å². The zero-order chi connectivity index (χ0) is 14.8. The van der Waals surface area contributed by atoms with Crippen molar-refractivity contribution in [3.05, 3.63) is 43.8 Å². The minimum atomic E-state index is 0.201. The summed E-state index contributed by atoms with van der Waals surface area (Å²) in [7, 11) is 0. The van der Waals surface area contributed by atoms with Crippen LogP contribution in [0.1, 0.15) is 33.2 Å². The van der Waals surface area contributed by atoms with Crippen LogP contribution in [0.4, 0.5) is 0 Å². The molecule has 1 unspecified atom stereocenters. The van der Waals surface area contributed by atoms with Crippen molar-refractivity contribution in [1.29, 1.82) is 0 Å². The molecule has 1 aliphatic heterocycles. The first kappa shape index (κ1) is 14.8. The number of fused-ring (bicyclic) bond motifs is 1. The monoisotopic (exact) mass is 320 g/mol. The van der Waals surface area contributed by atoms with Crippen LogP contribution in [0.15, 0.2) is 23.6 Å². The number of hydrogen-bond acceptors (Lipinski definition) is 4. The molecule has 0 saturated heterocycles. The van der Waals surface area contributed by atoms with Gasteiger partial charge in [0.15, 0.2) is 0 Å². The quantitative estimate of drug-likeness (QED) is 0.937. The van der Waals surface area contributed by atoms with Gasteiger partial charge in [0.1, 0.15) is 0 Å². The Bertz CT molecular complexity index is 632. The number of aryl methyl sites for hydroxylation is 1. The molecule has 1 aliphatic rings. The van der Waals surface area contributed by atoms with Crippen LogP contribution in [0.3, 0.4) is 0 Å². The van der Waals surface area contributed by atoms with Gasteiger partial charge in [-0.2, -0.15) is 0 Å². The van der Waals surface area contributed by atoms with E-state index in [1.165, 1.54) is 20.2 Å². The Morgan fingerprint density at radius 1 is 1.43 bits per heavy atom. The SMILES string of the molecule is Cc1ccc(C(C)NCC(=O)N2CCc3sccc3C2)s1. The summed E-state index contributed by atoms with van der Waals surface area (Å²) in [5, 5.41) is 5.47. The fourth-order valence-corrected chi connectivity index (χ4v) is 4.39. The maximum absolute atomic E-state index is 12.3. The van der Waals surface area contributed by atoms with Gasteiger partial charge in [-0.25, -0.2) is 0 Å². The second-order valence-corrected chi connectivity index (χ2v) is 7.81. The van der Waals surface area contributed by atoms with Gasteiger partial charge >= 0.3 is 0 Å². The van der Waals surface area contributed by atoms with Gasteiger partial charge in [0.05, 0.1) is 6.54 Å². The predicted molar refractivity (Wildman–Crippen MR) is 88.9 cm³/mol. The van der Waals surface area contributed by atoms with E-state index in [9.17, 15) is 4.79 Å². The lowest BCUT2D eigenvalue weighted by Gasteiger charge is -2.27. The summed E-state index contributed by atoms with van der Waals surface area (Å²) < 4.78 is 0. The summed E-state index contributed by atoms with van der Waals surface area (Å²) in [6.07, 6.45) is 0.998. The maximum Gasteiger partial charge on any atom is 0.236 e. The van der Waals surface area contributed by atoms with E-state index in [1.807, 2.05) is 4.90 Å². The largest absolute Gasteiger partial charge is 0.337 e. The highest BCUT2D eigenvalue weighted by molar-refractivity contribution is 7.12. The van der Waals surface area contributed by atoms with Gasteiger partial charge in [-0.3, -0.25) is 4.79 Å². The highest BCUT2D eigenvalue weighted by Crippen LogP contribution is 2.24. The maximum atomic E-state index is 12.3. The van der Waals surface area contributed by atoms with Gasteiger partial charge < -0.3 is 10.2 Å². The fraction of sp³-hybridized carbons (Fsp3) is 0.438. The average molecular weight is 320 g/mol. The molecule has 0 fully saturated rings. The molecule has 0 saturated carbocycles. The molecule has 112 valence electrons. The van der Waals surface area contributed by atoms with Gasteiger partial charge in [-0.05, 0) is 49.4 Å². The van der Waals surface area contributed by atoms with Gasteiger partial charge in [-0.1, -0.05) is 0 Å². The molecule has 1 N–H and O–H groups in total. The van der Waals surface area contributed by atoms with Crippen LogP contribution >= 0.6 is 22.7 Å². The first-order chi connectivity index (χ1) is 10.1. The van der Waals surface area contributed by atoms with Crippen molar-refractivity contribution < 1.29 is 4.79 Å². The summed E-state index contributed by atoms with van der Waals surface area (Å²) in [6, 6.07) is 6.64. The Morgan fingerprint density at radius 3 is 3.05 bits per heavy atom. The van der Waals surface area contributed by atoms with Crippen molar-refractivity contribution in [2.75, 3.05) is 13.1 Å². The van der Waals surface area contributed by atoms with E-state index < -0.39 is 0 Å². The fourth-order valence-electron chi connectivity index (χ4n) is 2.60. The lowest BCUT2D eigenvalue weighted by molar-refractivity contribution is -0.131. The molecule has 3 heterocycles. The number of amides is 1. The van der Waals surface area contributed by atoms with Crippen molar-refractivity contribution in [3.8, 4) is 0 Å². The van der Waals surface area contributed by atoms with E-state index in [0.717, 1.165) is 19.5 Å². The Balaban J connectivity index is 1.53. The smallest absolute Gasteiger partial charge is 0.236 e. The Hall–Kier alpha value is -1.17. The third kappa shape index (κ3) is 3.36. The first-order valence-corrected chi connectivity index (χ1v) is 8.96. The standard InChI is InChI=1S/C16H20N2OS2/c1-11-3-4-14(21-11)12(2)17-9-16(19)18-7-5-15-13(10-18)6-8-20-15/h3-4,6,8,12,17H,5,7,9-10H2,1-2H3. The highest BCUT2D eigenvalue weighted by atomic mass is 32.1. The normalized spacial score (nSPS) is 15.8. The molecule has 0 bridgehead atoms. The third-order valence-electron chi connectivity index (χ3n) is 3.91. The first-order valence-electron chi connectivity index (χ1n) is 7.26. The lowest BCUT2D eigenvalue weighted by atomic mass is 10.1. The molecule has 5 heteroatoms. The molecule has 3 rings (SSSR count). The number of carbonyl (C=O) groups is 1. The number of hydrogen-bond donors (Lipinski definition) is 1. The summed E-state index contributed by atoms with van der Waals surface area (Å²) in [6.45, 7) is 6.26. The van der Waals surface area contributed by atoms with Gasteiger partial charge in [0.2, 0.25) is 5.91 Å². The average Bonchev–Trinajstić information content (AvgIpc) is 3.12. The molecule has 0 aromatic carbocycles. The Labute approximate surface area is 133 Å². The lowest BCUT2D eigenvalue weighted by Crippen LogP contribution is -2.41. The van der Waals surface area contributed by atoms with Crippen molar-refractivity contribution in [1.82, 2.24) is 10.2 Å². The minimum absolute atomic E-state index is 0.201. The van der Waals surface area contributed by atoms with E-state index in [2.05, 4.69) is 42.7 Å². The third-order valence-corrected chi connectivity index (χ3v) is 6.11. The second kappa shape index (κ2) is 6.30. The zero-order valence-electron chi connectivity index (χ0n) is 12.4. The van der Waals surface area contributed by atoms with Crippen LogP contribution in [0.5, 0.6) is 0 Å². The van der Waals surface area contributed by atoms with Crippen LogP contribution < -0.4 is 5.32 Å². The van der Waals surface area contributed by atoms with Crippen molar-refractivity contribution in [2.45, 2.75) is 32.9 Å². The van der Waals surface area contributed by atoms with Crippen molar-refractivity contribution in [2.24, 2.45) is 0 Å². The van der Waals surface area contributed by atoms with Gasteiger partial charge in [0, 0.05) is 33.8 Å². The molecule has 0 aliphatic carbocycles. The van der Waals surface area contributed by atoms with E-state index in [4.69, 9.17) is 0 Å². The van der Waals surface area contributed by atoms with Crippen molar-refractivity contribution in [3.63, 3.8) is 0 Å². The van der Waals surface area contributed by atoms with E-state index >= 15 is 0 Å². The molecule has 0 radical (unpaired) electrons. The van der Waals surface area contributed by atoms with E-state index in [0.29, 0.717) is 6.54 Å². The minimum Gasteiger partial charge on any atom is -0.337 e.